The first-order valence-electron chi connectivity index (χ1n) is 11.6. The maximum atomic E-state index is 13.1. The van der Waals surface area contributed by atoms with E-state index in [4.69, 9.17) is 0 Å². The average molecular weight is 484 g/mol. The van der Waals surface area contributed by atoms with Gasteiger partial charge in [0, 0.05) is 11.4 Å². The van der Waals surface area contributed by atoms with E-state index >= 15 is 0 Å². The van der Waals surface area contributed by atoms with E-state index in [9.17, 15) is 10.1 Å². The van der Waals surface area contributed by atoms with Crippen molar-refractivity contribution in [3.8, 4) is 17.4 Å². The molecule has 5 rings (SSSR count). The van der Waals surface area contributed by atoms with Crippen LogP contribution in [0.1, 0.15) is 40.8 Å². The monoisotopic (exact) mass is 483 g/mol. The maximum absolute atomic E-state index is 13.1. The van der Waals surface area contributed by atoms with Gasteiger partial charge < -0.3 is 5.32 Å². The molecule has 176 valence electrons. The summed E-state index contributed by atoms with van der Waals surface area (Å²) in [6.45, 7) is 4.02. The van der Waals surface area contributed by atoms with Crippen LogP contribution >= 0.6 is 11.8 Å². The fourth-order valence-electron chi connectivity index (χ4n) is 4.74. The highest BCUT2D eigenvalue weighted by molar-refractivity contribution is 7.99. The Morgan fingerprint density at radius 3 is 2.57 bits per heavy atom. The number of amides is 1. The summed E-state index contributed by atoms with van der Waals surface area (Å²) in [5, 5.41) is 25.7. The lowest BCUT2D eigenvalue weighted by molar-refractivity contribution is -0.113. The average Bonchev–Trinajstić information content (AvgIpc) is 3.45. The van der Waals surface area contributed by atoms with Crippen molar-refractivity contribution >= 4 is 23.5 Å². The van der Waals surface area contributed by atoms with Gasteiger partial charge in [-0.05, 0) is 78.8 Å². The number of nitrogens with one attached hydrogen (secondary N) is 1. The van der Waals surface area contributed by atoms with Crippen LogP contribution in [0.2, 0.25) is 0 Å². The Morgan fingerprint density at radius 2 is 1.83 bits per heavy atom. The number of carbonyl (C=O) groups excluding carboxylic acids is 1. The number of tetrazole rings is 1. The Labute approximate surface area is 208 Å². The minimum atomic E-state index is -0.213. The van der Waals surface area contributed by atoms with Gasteiger partial charge in [-0.2, -0.15) is 9.94 Å². The molecular formula is C26H25N7OS. The molecule has 4 aromatic rings. The number of rotatable bonds is 6. The lowest BCUT2D eigenvalue weighted by Crippen LogP contribution is -2.18. The number of fused-ring (bicyclic) bond motifs is 1. The summed E-state index contributed by atoms with van der Waals surface area (Å²) < 4.78 is 3.71. The standard InChI is InChI=1S/C26H25N7OS/c1-17-9-8-10-18(2)24(17)33-26(29-30-31-33)35-16-23(34)28-25-21(15-27)20-13-6-7-14-22(20)32(25)19-11-4-3-5-12-19/h3-5,8-12H,6-7,13-14,16H2,1-2H3,(H,28,34). The van der Waals surface area contributed by atoms with Gasteiger partial charge in [-0.3, -0.25) is 9.36 Å². The third kappa shape index (κ3) is 4.33. The van der Waals surface area contributed by atoms with E-state index in [2.05, 4.69) is 26.9 Å². The van der Waals surface area contributed by atoms with Crippen molar-refractivity contribution in [1.29, 1.82) is 5.26 Å². The van der Waals surface area contributed by atoms with Crippen molar-refractivity contribution in [2.45, 2.75) is 44.7 Å². The van der Waals surface area contributed by atoms with Gasteiger partial charge in [0.05, 0.1) is 17.0 Å². The number of aryl methyl sites for hydroxylation is 2. The van der Waals surface area contributed by atoms with E-state index in [1.165, 1.54) is 11.8 Å². The molecule has 0 radical (unpaired) electrons. The number of carbonyl (C=O) groups is 1. The molecule has 35 heavy (non-hydrogen) atoms. The number of hydrogen-bond donors (Lipinski definition) is 1. The number of nitriles is 1. The van der Waals surface area contributed by atoms with Gasteiger partial charge in [0.25, 0.3) is 0 Å². The van der Waals surface area contributed by atoms with Crippen LogP contribution in [0, 0.1) is 25.2 Å². The van der Waals surface area contributed by atoms with Crippen molar-refractivity contribution in [1.82, 2.24) is 24.8 Å². The maximum Gasteiger partial charge on any atom is 0.236 e. The molecule has 1 amide bonds. The van der Waals surface area contributed by atoms with E-state index in [0.29, 0.717) is 16.5 Å². The fraction of sp³-hybridized carbons (Fsp3) is 0.269. The molecule has 0 saturated carbocycles. The molecule has 0 atom stereocenters. The van der Waals surface area contributed by atoms with E-state index < -0.39 is 0 Å². The second-order valence-electron chi connectivity index (χ2n) is 8.59. The van der Waals surface area contributed by atoms with Gasteiger partial charge in [0.2, 0.25) is 11.1 Å². The summed E-state index contributed by atoms with van der Waals surface area (Å²) >= 11 is 1.27. The zero-order valence-electron chi connectivity index (χ0n) is 19.7. The fourth-order valence-corrected chi connectivity index (χ4v) is 5.42. The molecule has 1 aliphatic rings. The quantitative estimate of drug-likeness (QED) is 0.404. The molecule has 0 bridgehead atoms. The first-order chi connectivity index (χ1) is 17.1. The van der Waals surface area contributed by atoms with Crippen LogP contribution in [0.4, 0.5) is 5.82 Å². The number of thioether (sulfide) groups is 1. The molecule has 8 nitrogen and oxygen atoms in total. The molecule has 9 heteroatoms. The first kappa shape index (κ1) is 22.9. The SMILES string of the molecule is Cc1cccc(C)c1-n1nnnc1SCC(=O)Nc1c(C#N)c2c(n1-c1ccccc1)CCCC2. The van der Waals surface area contributed by atoms with Crippen LogP contribution in [0.15, 0.2) is 53.7 Å². The lowest BCUT2D eigenvalue weighted by atomic mass is 9.95. The molecule has 0 fully saturated rings. The number of hydrogen-bond acceptors (Lipinski definition) is 6. The van der Waals surface area contributed by atoms with Gasteiger partial charge in [0.15, 0.2) is 0 Å². The normalized spacial score (nSPS) is 12.7. The third-order valence-corrected chi connectivity index (χ3v) is 7.20. The summed E-state index contributed by atoms with van der Waals surface area (Å²) in [6, 6.07) is 18.2. The number of benzene rings is 2. The van der Waals surface area contributed by atoms with Crippen molar-refractivity contribution in [3.05, 3.63) is 76.5 Å². The van der Waals surface area contributed by atoms with Crippen LogP contribution < -0.4 is 5.32 Å². The minimum absolute atomic E-state index is 0.112. The van der Waals surface area contributed by atoms with Gasteiger partial charge in [0.1, 0.15) is 11.9 Å². The molecule has 1 aliphatic carbocycles. The first-order valence-corrected chi connectivity index (χ1v) is 12.6. The molecule has 2 aromatic carbocycles. The third-order valence-electron chi connectivity index (χ3n) is 6.28. The van der Waals surface area contributed by atoms with Crippen LogP contribution in [0.5, 0.6) is 0 Å². The number of aromatic nitrogens is 5. The number of para-hydroxylation sites is 2. The predicted molar refractivity (Wildman–Crippen MR) is 135 cm³/mol. The van der Waals surface area contributed by atoms with Crippen molar-refractivity contribution in [3.63, 3.8) is 0 Å². The summed E-state index contributed by atoms with van der Waals surface area (Å²) in [6.07, 6.45) is 3.85. The van der Waals surface area contributed by atoms with E-state index in [1.54, 1.807) is 4.68 Å². The second kappa shape index (κ2) is 9.76. The highest BCUT2D eigenvalue weighted by Gasteiger charge is 2.27. The van der Waals surface area contributed by atoms with Crippen LogP contribution in [-0.2, 0) is 17.6 Å². The predicted octanol–water partition coefficient (Wildman–Crippen LogP) is 4.55. The van der Waals surface area contributed by atoms with E-state index in [1.807, 2.05) is 66.9 Å². The Kier molecular flexibility index (Phi) is 6.38. The van der Waals surface area contributed by atoms with E-state index in [-0.39, 0.29) is 11.7 Å². The number of nitrogens with zero attached hydrogens (tertiary/aromatic N) is 6. The Morgan fingerprint density at radius 1 is 1.09 bits per heavy atom. The van der Waals surface area contributed by atoms with Crippen molar-refractivity contribution in [2.75, 3.05) is 11.1 Å². The zero-order chi connectivity index (χ0) is 24.4. The number of anilines is 1. The van der Waals surface area contributed by atoms with Crippen LogP contribution in [0.3, 0.4) is 0 Å². The Hall–Kier alpha value is -3.90. The highest BCUT2D eigenvalue weighted by Crippen LogP contribution is 2.35. The lowest BCUT2D eigenvalue weighted by Gasteiger charge is -2.17. The Balaban J connectivity index is 1.42. The van der Waals surface area contributed by atoms with Crippen molar-refractivity contribution < 1.29 is 4.79 Å². The highest BCUT2D eigenvalue weighted by atomic mass is 32.2. The largest absolute Gasteiger partial charge is 0.310 e. The van der Waals surface area contributed by atoms with E-state index in [0.717, 1.165) is 59.4 Å². The molecular weight excluding hydrogens is 458 g/mol. The van der Waals surface area contributed by atoms with Crippen molar-refractivity contribution in [2.24, 2.45) is 0 Å². The zero-order valence-corrected chi connectivity index (χ0v) is 20.5. The molecule has 0 aliphatic heterocycles. The van der Waals surface area contributed by atoms with Gasteiger partial charge in [-0.25, -0.2) is 0 Å². The van der Waals surface area contributed by atoms with Gasteiger partial charge in [-0.15, -0.1) is 5.10 Å². The Bertz CT molecular complexity index is 1410. The molecule has 0 saturated heterocycles. The topological polar surface area (TPSA) is 101 Å². The molecule has 1 N–H and O–H groups in total. The second-order valence-corrected chi connectivity index (χ2v) is 9.53. The molecule has 0 spiro atoms. The van der Waals surface area contributed by atoms with Gasteiger partial charge in [-0.1, -0.05) is 48.2 Å². The molecule has 0 unspecified atom stereocenters. The smallest absolute Gasteiger partial charge is 0.236 e. The van der Waals surface area contributed by atoms with Crippen LogP contribution in [-0.4, -0.2) is 36.4 Å². The summed E-state index contributed by atoms with van der Waals surface area (Å²) in [4.78, 5) is 13.1. The van der Waals surface area contributed by atoms with Gasteiger partial charge >= 0.3 is 0 Å². The molecule has 2 heterocycles. The summed E-state index contributed by atoms with van der Waals surface area (Å²) in [5.74, 6) is 0.445. The minimum Gasteiger partial charge on any atom is -0.310 e. The van der Waals surface area contributed by atoms with Crippen LogP contribution in [0.25, 0.3) is 11.4 Å². The summed E-state index contributed by atoms with van der Waals surface area (Å²) in [5.41, 5.74) is 6.67. The summed E-state index contributed by atoms with van der Waals surface area (Å²) in [7, 11) is 0. The molecule has 2 aromatic heterocycles.